The van der Waals surface area contributed by atoms with Gasteiger partial charge in [-0.15, -0.1) is 6.58 Å². The Morgan fingerprint density at radius 3 is 2.60 bits per heavy atom. The number of benzene rings is 1. The zero-order valence-corrected chi connectivity index (χ0v) is 13.0. The van der Waals surface area contributed by atoms with Crippen molar-refractivity contribution in [2.24, 2.45) is 5.92 Å². The Bertz CT molecular complexity index is 413. The quantitative estimate of drug-likeness (QED) is 0.824. The lowest BCUT2D eigenvalue weighted by Crippen LogP contribution is -2.57. The molecule has 0 saturated carbocycles. The van der Waals surface area contributed by atoms with Gasteiger partial charge in [-0.2, -0.15) is 0 Å². The molecule has 110 valence electrons. The summed E-state index contributed by atoms with van der Waals surface area (Å²) in [4.78, 5) is 2.67. The van der Waals surface area contributed by atoms with Gasteiger partial charge in [0.2, 0.25) is 0 Å². The van der Waals surface area contributed by atoms with Crippen LogP contribution in [0.4, 0.5) is 0 Å². The standard InChI is InChI=1S/C18H28N2/c1-5-9-15(4)20-13-17(16-10-7-6-8-11-16)19-12-18(20)14(2)3/h5-8,10-11,14-15,17-19H,1,9,12-13H2,2-4H3. The zero-order valence-electron chi connectivity index (χ0n) is 13.0. The fraction of sp³-hybridized carbons (Fsp3) is 0.556. The molecule has 0 spiro atoms. The van der Waals surface area contributed by atoms with Gasteiger partial charge >= 0.3 is 0 Å². The summed E-state index contributed by atoms with van der Waals surface area (Å²) in [5.74, 6) is 0.673. The first-order valence-electron chi connectivity index (χ1n) is 7.78. The third-order valence-electron chi connectivity index (χ3n) is 4.44. The average Bonchev–Trinajstić information content (AvgIpc) is 2.47. The van der Waals surface area contributed by atoms with Crippen molar-refractivity contribution in [1.29, 1.82) is 0 Å². The molecule has 0 bridgehead atoms. The van der Waals surface area contributed by atoms with Crippen LogP contribution in [0.25, 0.3) is 0 Å². The highest BCUT2D eigenvalue weighted by Gasteiger charge is 2.32. The smallest absolute Gasteiger partial charge is 0.0450 e. The Morgan fingerprint density at radius 1 is 1.30 bits per heavy atom. The van der Waals surface area contributed by atoms with E-state index in [0.717, 1.165) is 19.5 Å². The predicted octanol–water partition coefficient (Wildman–Crippen LogP) is 3.62. The predicted molar refractivity (Wildman–Crippen MR) is 86.8 cm³/mol. The van der Waals surface area contributed by atoms with Crippen molar-refractivity contribution in [2.75, 3.05) is 13.1 Å². The third kappa shape index (κ3) is 3.50. The van der Waals surface area contributed by atoms with Gasteiger partial charge in [-0.05, 0) is 24.8 Å². The molecule has 1 saturated heterocycles. The van der Waals surface area contributed by atoms with Gasteiger partial charge in [0.1, 0.15) is 0 Å². The van der Waals surface area contributed by atoms with Crippen LogP contribution in [0, 0.1) is 5.92 Å². The minimum absolute atomic E-state index is 0.443. The van der Waals surface area contributed by atoms with Crippen molar-refractivity contribution in [3.8, 4) is 0 Å². The molecule has 0 amide bonds. The van der Waals surface area contributed by atoms with E-state index >= 15 is 0 Å². The van der Waals surface area contributed by atoms with Gasteiger partial charge in [0.25, 0.3) is 0 Å². The molecular formula is C18H28N2. The van der Waals surface area contributed by atoms with Gasteiger partial charge in [0.15, 0.2) is 0 Å². The molecule has 2 heteroatoms. The van der Waals surface area contributed by atoms with Crippen molar-refractivity contribution in [1.82, 2.24) is 10.2 Å². The fourth-order valence-corrected chi connectivity index (χ4v) is 3.20. The molecule has 2 nitrogen and oxygen atoms in total. The Hall–Kier alpha value is -1.12. The molecule has 0 radical (unpaired) electrons. The maximum atomic E-state index is 3.90. The molecule has 0 aromatic heterocycles. The summed E-state index contributed by atoms with van der Waals surface area (Å²) in [6.45, 7) is 13.0. The summed E-state index contributed by atoms with van der Waals surface area (Å²) in [5.41, 5.74) is 1.39. The normalized spacial score (nSPS) is 25.6. The number of hydrogen-bond acceptors (Lipinski definition) is 2. The highest BCUT2D eigenvalue weighted by molar-refractivity contribution is 5.20. The Balaban J connectivity index is 2.13. The molecule has 1 fully saturated rings. The van der Waals surface area contributed by atoms with Crippen LogP contribution in [0.3, 0.4) is 0 Å². The molecule has 1 aliphatic heterocycles. The maximum Gasteiger partial charge on any atom is 0.0450 e. The monoisotopic (exact) mass is 272 g/mol. The van der Waals surface area contributed by atoms with Gasteiger partial charge in [0.05, 0.1) is 0 Å². The van der Waals surface area contributed by atoms with Gasteiger partial charge in [0, 0.05) is 31.2 Å². The van der Waals surface area contributed by atoms with Gasteiger partial charge in [-0.1, -0.05) is 50.3 Å². The van der Waals surface area contributed by atoms with E-state index in [1.165, 1.54) is 5.56 Å². The van der Waals surface area contributed by atoms with Crippen LogP contribution in [-0.4, -0.2) is 30.1 Å². The van der Waals surface area contributed by atoms with Crippen LogP contribution in [0.2, 0.25) is 0 Å². The molecule has 0 aliphatic carbocycles. The van der Waals surface area contributed by atoms with E-state index in [-0.39, 0.29) is 0 Å². The van der Waals surface area contributed by atoms with Crippen LogP contribution in [-0.2, 0) is 0 Å². The van der Waals surface area contributed by atoms with Gasteiger partial charge < -0.3 is 5.32 Å². The molecule has 3 atom stereocenters. The van der Waals surface area contributed by atoms with Crippen LogP contribution in [0.5, 0.6) is 0 Å². The van der Waals surface area contributed by atoms with E-state index in [1.54, 1.807) is 0 Å². The zero-order chi connectivity index (χ0) is 14.5. The summed E-state index contributed by atoms with van der Waals surface area (Å²) in [6.07, 6.45) is 3.10. The molecule has 1 aliphatic rings. The number of piperazine rings is 1. The van der Waals surface area contributed by atoms with Crippen LogP contribution < -0.4 is 5.32 Å². The fourth-order valence-electron chi connectivity index (χ4n) is 3.20. The third-order valence-corrected chi connectivity index (χ3v) is 4.44. The first-order valence-corrected chi connectivity index (χ1v) is 7.78. The lowest BCUT2D eigenvalue weighted by molar-refractivity contribution is 0.0631. The molecule has 3 unspecified atom stereocenters. The number of hydrogen-bond donors (Lipinski definition) is 1. The number of rotatable bonds is 5. The molecule has 1 N–H and O–H groups in total. The lowest BCUT2D eigenvalue weighted by atomic mass is 9.93. The summed E-state index contributed by atoms with van der Waals surface area (Å²) in [5, 5.41) is 3.73. The van der Waals surface area contributed by atoms with Crippen molar-refractivity contribution < 1.29 is 0 Å². The summed E-state index contributed by atoms with van der Waals surface area (Å²) >= 11 is 0. The molecular weight excluding hydrogens is 244 g/mol. The van der Waals surface area contributed by atoms with Crippen LogP contribution in [0.15, 0.2) is 43.0 Å². The summed E-state index contributed by atoms with van der Waals surface area (Å²) < 4.78 is 0. The Kier molecular flexibility index (Phi) is 5.38. The minimum Gasteiger partial charge on any atom is -0.307 e. The Labute approximate surface area is 123 Å². The summed E-state index contributed by atoms with van der Waals surface area (Å²) in [7, 11) is 0. The highest BCUT2D eigenvalue weighted by Crippen LogP contribution is 2.25. The number of nitrogens with one attached hydrogen (secondary N) is 1. The first-order chi connectivity index (χ1) is 9.63. The van der Waals surface area contributed by atoms with Crippen LogP contribution in [0.1, 0.15) is 38.8 Å². The van der Waals surface area contributed by atoms with E-state index in [4.69, 9.17) is 0 Å². The molecule has 20 heavy (non-hydrogen) atoms. The second kappa shape index (κ2) is 7.05. The van der Waals surface area contributed by atoms with E-state index in [0.29, 0.717) is 24.0 Å². The Morgan fingerprint density at radius 2 is 2.00 bits per heavy atom. The van der Waals surface area contributed by atoms with E-state index in [9.17, 15) is 0 Å². The van der Waals surface area contributed by atoms with Crippen molar-refractivity contribution in [2.45, 2.75) is 45.3 Å². The largest absolute Gasteiger partial charge is 0.307 e. The summed E-state index contributed by atoms with van der Waals surface area (Å²) in [6, 6.07) is 12.4. The van der Waals surface area contributed by atoms with E-state index < -0.39 is 0 Å². The number of nitrogens with zero attached hydrogens (tertiary/aromatic N) is 1. The average molecular weight is 272 g/mol. The first kappa shape index (κ1) is 15.3. The van der Waals surface area contributed by atoms with Gasteiger partial charge in [-0.25, -0.2) is 0 Å². The lowest BCUT2D eigenvalue weighted by Gasteiger charge is -2.45. The maximum absolute atomic E-state index is 3.90. The van der Waals surface area contributed by atoms with Crippen LogP contribution >= 0.6 is 0 Å². The van der Waals surface area contributed by atoms with E-state index in [1.807, 2.05) is 6.08 Å². The second-order valence-electron chi connectivity index (χ2n) is 6.25. The highest BCUT2D eigenvalue weighted by atomic mass is 15.3. The van der Waals surface area contributed by atoms with Crippen molar-refractivity contribution in [3.63, 3.8) is 0 Å². The molecule has 1 heterocycles. The molecule has 1 aromatic carbocycles. The topological polar surface area (TPSA) is 15.3 Å². The SMILES string of the molecule is C=CCC(C)N1CC(c2ccccc2)NCC1C(C)C. The van der Waals surface area contributed by atoms with Crippen molar-refractivity contribution in [3.05, 3.63) is 48.6 Å². The van der Waals surface area contributed by atoms with Gasteiger partial charge in [-0.3, -0.25) is 4.90 Å². The second-order valence-corrected chi connectivity index (χ2v) is 6.25. The van der Waals surface area contributed by atoms with Crippen molar-refractivity contribution >= 4 is 0 Å². The van der Waals surface area contributed by atoms with E-state index in [2.05, 4.69) is 67.9 Å². The minimum atomic E-state index is 0.443. The molecule has 2 rings (SSSR count). The molecule has 1 aromatic rings.